The van der Waals surface area contributed by atoms with Gasteiger partial charge in [0.1, 0.15) is 5.75 Å². The number of carbonyl (C=O) groups excluding carboxylic acids is 4. The minimum Gasteiger partial charge on any atom is -0.484 e. The Hall–Kier alpha value is -4.47. The predicted molar refractivity (Wildman–Crippen MR) is 139 cm³/mol. The predicted octanol–water partition coefficient (Wildman–Crippen LogP) is 3.30. The van der Waals surface area contributed by atoms with E-state index < -0.39 is 5.91 Å². The molecule has 190 valence electrons. The fourth-order valence-corrected chi connectivity index (χ4v) is 3.93. The van der Waals surface area contributed by atoms with Crippen molar-refractivity contribution < 1.29 is 28.5 Å². The van der Waals surface area contributed by atoms with E-state index in [2.05, 4.69) is 15.3 Å². The molecular formula is C27H28N5O5+. The molecule has 0 fully saturated rings. The van der Waals surface area contributed by atoms with Gasteiger partial charge in [0.2, 0.25) is 11.5 Å². The molecule has 2 heterocycles. The summed E-state index contributed by atoms with van der Waals surface area (Å²) < 4.78 is 7.08. The van der Waals surface area contributed by atoms with E-state index in [1.165, 1.54) is 16.4 Å². The van der Waals surface area contributed by atoms with E-state index in [9.17, 15) is 19.2 Å². The molecule has 10 heteroatoms. The number of hydrogen-bond donors (Lipinski definition) is 1. The lowest BCUT2D eigenvalue weighted by Gasteiger charge is -2.21. The maximum atomic E-state index is 12.9. The fraction of sp³-hybridized carbons (Fsp3) is 0.296. The molecule has 4 amide bonds. The Morgan fingerprint density at radius 2 is 1.68 bits per heavy atom. The maximum Gasteiger partial charge on any atom is 0.446 e. The van der Waals surface area contributed by atoms with Gasteiger partial charge in [0, 0.05) is 16.8 Å². The van der Waals surface area contributed by atoms with Gasteiger partial charge < -0.3 is 10.1 Å². The van der Waals surface area contributed by atoms with Crippen LogP contribution >= 0.6 is 0 Å². The average molecular weight is 503 g/mol. The van der Waals surface area contributed by atoms with Crippen molar-refractivity contribution in [3.8, 4) is 5.75 Å². The first-order chi connectivity index (χ1) is 17.8. The smallest absolute Gasteiger partial charge is 0.446 e. The first-order valence-electron chi connectivity index (χ1n) is 12.1. The molecule has 1 N–H and O–H groups in total. The topological polar surface area (TPSA) is 121 Å². The molecule has 2 aromatic carbocycles. The second-order valence-corrected chi connectivity index (χ2v) is 8.61. The lowest BCUT2D eigenvalue weighted by Crippen LogP contribution is -2.54. The van der Waals surface area contributed by atoms with Crippen molar-refractivity contribution in [3.05, 3.63) is 59.7 Å². The molecule has 10 nitrogen and oxygen atoms in total. The highest BCUT2D eigenvalue weighted by atomic mass is 16.5. The number of amidine groups is 2. The first-order valence-corrected chi connectivity index (χ1v) is 12.1. The molecule has 2 aromatic rings. The molecule has 0 spiro atoms. The Morgan fingerprint density at radius 1 is 0.973 bits per heavy atom. The number of hydrogen-bond acceptors (Lipinski definition) is 7. The number of anilines is 1. The van der Waals surface area contributed by atoms with E-state index in [1.807, 2.05) is 13.8 Å². The number of ether oxygens (including phenoxy) is 1. The minimum absolute atomic E-state index is 0.0474. The van der Waals surface area contributed by atoms with Gasteiger partial charge in [-0.05, 0) is 68.3 Å². The van der Waals surface area contributed by atoms with E-state index in [1.54, 1.807) is 48.5 Å². The number of aliphatic imine (C=N–C) groups is 2. The Morgan fingerprint density at radius 3 is 2.30 bits per heavy atom. The number of imide groups is 1. The van der Waals surface area contributed by atoms with E-state index in [4.69, 9.17) is 4.74 Å². The molecule has 4 rings (SSSR count). The van der Waals surface area contributed by atoms with Gasteiger partial charge in [-0.1, -0.05) is 18.8 Å². The Kier molecular flexibility index (Phi) is 7.66. The van der Waals surface area contributed by atoms with Gasteiger partial charge in [0.25, 0.3) is 5.91 Å². The van der Waals surface area contributed by atoms with Crippen LogP contribution in [-0.2, 0) is 9.59 Å². The van der Waals surface area contributed by atoms with Crippen molar-refractivity contribution in [2.75, 3.05) is 25.0 Å². The molecule has 0 unspecified atom stereocenters. The van der Waals surface area contributed by atoms with E-state index in [0.717, 1.165) is 0 Å². The van der Waals surface area contributed by atoms with Crippen molar-refractivity contribution >= 4 is 46.7 Å². The number of rotatable bonds is 10. The number of benzene rings is 2. The minimum atomic E-state index is -0.435. The van der Waals surface area contributed by atoms with Crippen LogP contribution in [0, 0.1) is 0 Å². The molecule has 0 aromatic heterocycles. The summed E-state index contributed by atoms with van der Waals surface area (Å²) >= 11 is 0. The summed E-state index contributed by atoms with van der Waals surface area (Å²) in [7, 11) is 0. The number of urea groups is 1. The highest BCUT2D eigenvalue weighted by Crippen LogP contribution is 2.19. The summed E-state index contributed by atoms with van der Waals surface area (Å²) in [6, 6.07) is 13.1. The van der Waals surface area contributed by atoms with Crippen LogP contribution in [0.25, 0.3) is 0 Å². The van der Waals surface area contributed by atoms with Crippen molar-refractivity contribution in [2.24, 2.45) is 9.98 Å². The van der Waals surface area contributed by atoms with E-state index >= 15 is 0 Å². The fourth-order valence-electron chi connectivity index (χ4n) is 3.93. The van der Waals surface area contributed by atoms with Crippen LogP contribution in [-0.4, -0.2) is 70.2 Å². The van der Waals surface area contributed by atoms with Crippen LogP contribution in [0.5, 0.6) is 5.75 Å². The summed E-state index contributed by atoms with van der Waals surface area (Å²) in [5.74, 6) is 0.262. The zero-order valence-electron chi connectivity index (χ0n) is 21.0. The van der Waals surface area contributed by atoms with Gasteiger partial charge in [-0.2, -0.15) is 14.5 Å². The Balaban J connectivity index is 1.43. The number of ketones is 1. The monoisotopic (exact) mass is 502 g/mol. The van der Waals surface area contributed by atoms with Crippen LogP contribution in [0.4, 0.5) is 10.5 Å². The largest absolute Gasteiger partial charge is 0.484 e. The summed E-state index contributed by atoms with van der Waals surface area (Å²) in [4.78, 5) is 59.5. The van der Waals surface area contributed by atoms with Gasteiger partial charge in [-0.15, -0.1) is 0 Å². The number of amides is 4. The van der Waals surface area contributed by atoms with Gasteiger partial charge in [0.15, 0.2) is 12.4 Å². The molecule has 0 aliphatic carbocycles. The van der Waals surface area contributed by atoms with Crippen LogP contribution in [0.15, 0.2) is 58.5 Å². The number of fused-ring (bicyclic) bond motifs is 1. The molecule has 0 radical (unpaired) electrons. The van der Waals surface area contributed by atoms with Crippen molar-refractivity contribution in [1.82, 2.24) is 4.90 Å². The normalized spacial score (nSPS) is 14.8. The van der Waals surface area contributed by atoms with Crippen LogP contribution < -0.4 is 10.1 Å². The quantitative estimate of drug-likeness (QED) is 0.395. The zero-order valence-corrected chi connectivity index (χ0v) is 21.0. The van der Waals surface area contributed by atoms with Gasteiger partial charge >= 0.3 is 17.8 Å². The summed E-state index contributed by atoms with van der Waals surface area (Å²) in [5, 5.41) is 2.71. The molecule has 0 saturated carbocycles. The van der Waals surface area contributed by atoms with Crippen molar-refractivity contribution in [3.63, 3.8) is 0 Å². The van der Waals surface area contributed by atoms with Crippen LogP contribution in [0.3, 0.4) is 0 Å². The molecular weight excluding hydrogens is 474 g/mol. The highest BCUT2D eigenvalue weighted by Gasteiger charge is 2.47. The third-order valence-electron chi connectivity index (χ3n) is 5.76. The Labute approximate surface area is 214 Å². The second kappa shape index (κ2) is 11.1. The van der Waals surface area contributed by atoms with E-state index in [-0.39, 0.29) is 35.9 Å². The van der Waals surface area contributed by atoms with E-state index in [0.29, 0.717) is 54.3 Å². The lowest BCUT2D eigenvalue weighted by atomic mass is 10.1. The number of carbonyl (C=O) groups is 4. The number of nitrogens with zero attached hydrogens (tertiary/aromatic N) is 4. The van der Waals surface area contributed by atoms with Gasteiger partial charge in [-0.25, -0.2) is 9.59 Å². The summed E-state index contributed by atoms with van der Waals surface area (Å²) in [6.45, 7) is 5.89. The van der Waals surface area contributed by atoms with Gasteiger partial charge in [-0.3, -0.25) is 9.59 Å². The highest BCUT2D eigenvalue weighted by molar-refractivity contribution is 6.70. The summed E-state index contributed by atoms with van der Waals surface area (Å²) in [6.07, 6.45) is 1.37. The standard InChI is InChI=1S/C27H27N5O5/c1-4-14-31-25-23(26(35)32(15-5-2)27(31)36)29-24(30-25)19-8-12-21(13-9-19)37-16-22(34)28-20-10-6-18(7-11-20)17(3)33/h6-13H,4-5,14-16H2,1-3H3/p+1. The van der Waals surface area contributed by atoms with Crippen LogP contribution in [0.1, 0.15) is 49.5 Å². The molecule has 37 heavy (non-hydrogen) atoms. The molecule has 0 bridgehead atoms. The SMILES string of the molecule is CCCN1C(=O)C2=NC(c3ccc(OCC(=O)Nc4ccc(C(C)=O)cc4)cc3)=NC2=[N+](CCC)C1=O. The third-order valence-corrected chi connectivity index (χ3v) is 5.76. The van der Waals surface area contributed by atoms with Crippen molar-refractivity contribution in [2.45, 2.75) is 33.6 Å². The lowest BCUT2D eigenvalue weighted by molar-refractivity contribution is -0.435. The first kappa shape index (κ1) is 25.6. The third kappa shape index (κ3) is 5.53. The maximum absolute atomic E-state index is 12.9. The number of nitrogens with one attached hydrogen (secondary N) is 1. The van der Waals surface area contributed by atoms with Gasteiger partial charge in [0.05, 0.1) is 13.1 Å². The Bertz CT molecular complexity index is 1340. The average Bonchev–Trinajstić information content (AvgIpc) is 3.34. The number of Topliss-reactive ketones (excluding diaryl/α,β-unsaturated/α-hetero) is 1. The van der Waals surface area contributed by atoms with Crippen LogP contribution in [0.2, 0.25) is 0 Å². The second-order valence-electron chi connectivity index (χ2n) is 8.61. The zero-order chi connectivity index (χ0) is 26.5. The molecule has 2 aliphatic heterocycles. The molecule has 2 aliphatic rings. The summed E-state index contributed by atoms with van der Waals surface area (Å²) in [5.41, 5.74) is 1.95. The molecule has 0 atom stereocenters. The molecule has 0 saturated heterocycles. The van der Waals surface area contributed by atoms with Crippen molar-refractivity contribution in [1.29, 1.82) is 0 Å².